The minimum atomic E-state index is 0.395. The minimum absolute atomic E-state index is 0.395. The van der Waals surface area contributed by atoms with Gasteiger partial charge in [0.2, 0.25) is 0 Å². The molecule has 0 aliphatic carbocycles. The van der Waals surface area contributed by atoms with E-state index in [1.54, 1.807) is 6.21 Å². The van der Waals surface area contributed by atoms with Crippen LogP contribution in [-0.4, -0.2) is 11.4 Å². The van der Waals surface area contributed by atoms with Crippen molar-refractivity contribution in [3.8, 4) is 0 Å². The predicted molar refractivity (Wildman–Crippen MR) is 48.1 cm³/mol. The number of nitrogens with zero attached hydrogens (tertiary/aromatic N) is 1. The first kappa shape index (κ1) is 10.5. The Morgan fingerprint density at radius 3 is 2.55 bits per heavy atom. The van der Waals surface area contributed by atoms with Crippen LogP contribution in [-0.2, 0) is 0 Å². The van der Waals surface area contributed by atoms with Crippen molar-refractivity contribution in [2.24, 2.45) is 17.0 Å². The smallest absolute Gasteiger partial charge is 0.0466 e. The van der Waals surface area contributed by atoms with Gasteiger partial charge in [-0.25, -0.2) is 0 Å². The summed E-state index contributed by atoms with van der Waals surface area (Å²) in [4.78, 5) is 0. The lowest BCUT2D eigenvalue weighted by Crippen LogP contribution is -2.08. The molecule has 0 spiro atoms. The van der Waals surface area contributed by atoms with Crippen LogP contribution in [0.1, 0.15) is 40.0 Å². The van der Waals surface area contributed by atoms with Crippen LogP contribution in [0, 0.1) is 11.8 Å². The van der Waals surface area contributed by atoms with Crippen molar-refractivity contribution in [3.05, 3.63) is 0 Å². The van der Waals surface area contributed by atoms with Crippen molar-refractivity contribution in [3.63, 3.8) is 0 Å². The third-order valence-corrected chi connectivity index (χ3v) is 2.21. The van der Waals surface area contributed by atoms with Crippen LogP contribution >= 0.6 is 0 Å². The Bertz CT molecular complexity index is 112. The zero-order chi connectivity index (χ0) is 8.69. The van der Waals surface area contributed by atoms with Gasteiger partial charge < -0.3 is 5.21 Å². The predicted octanol–water partition coefficient (Wildman–Crippen LogP) is 2.91. The summed E-state index contributed by atoms with van der Waals surface area (Å²) in [7, 11) is 0. The molecule has 2 nitrogen and oxygen atoms in total. The van der Waals surface area contributed by atoms with Crippen molar-refractivity contribution in [2.75, 3.05) is 0 Å². The maximum atomic E-state index is 8.28. The first-order valence-corrected chi connectivity index (χ1v) is 4.39. The van der Waals surface area contributed by atoms with Crippen molar-refractivity contribution >= 4 is 6.21 Å². The largest absolute Gasteiger partial charge is 0.411 e. The molecule has 0 amide bonds. The average Bonchev–Trinajstić information content (AvgIpc) is 2.00. The van der Waals surface area contributed by atoms with Gasteiger partial charge in [0.05, 0.1) is 0 Å². The molecule has 0 aliphatic rings. The van der Waals surface area contributed by atoms with Crippen molar-refractivity contribution in [1.82, 2.24) is 0 Å². The lowest BCUT2D eigenvalue weighted by Gasteiger charge is -2.13. The maximum absolute atomic E-state index is 8.28. The van der Waals surface area contributed by atoms with Crippen LogP contribution in [0.2, 0.25) is 0 Å². The van der Waals surface area contributed by atoms with Crippen molar-refractivity contribution in [2.45, 2.75) is 40.0 Å². The molecule has 11 heavy (non-hydrogen) atoms. The summed E-state index contributed by atoms with van der Waals surface area (Å²) in [5.41, 5.74) is 0. The summed E-state index contributed by atoms with van der Waals surface area (Å²) in [5, 5.41) is 11.3. The fourth-order valence-corrected chi connectivity index (χ4v) is 1.04. The Labute approximate surface area is 69.3 Å². The molecule has 1 N–H and O–H groups in total. The second-order valence-electron chi connectivity index (χ2n) is 3.24. The monoisotopic (exact) mass is 157 g/mol. The highest BCUT2D eigenvalue weighted by atomic mass is 16.4. The van der Waals surface area contributed by atoms with Crippen LogP contribution in [0.25, 0.3) is 0 Å². The summed E-state index contributed by atoms with van der Waals surface area (Å²) < 4.78 is 0. The molecular formula is C9H19NO. The van der Waals surface area contributed by atoms with Gasteiger partial charge >= 0.3 is 0 Å². The molecule has 0 rings (SSSR count). The Morgan fingerprint density at radius 1 is 1.45 bits per heavy atom. The van der Waals surface area contributed by atoms with Crippen LogP contribution in [0.3, 0.4) is 0 Å². The summed E-state index contributed by atoms with van der Waals surface area (Å²) in [6.45, 7) is 6.47. The molecule has 0 radical (unpaired) electrons. The fourth-order valence-electron chi connectivity index (χ4n) is 1.04. The van der Waals surface area contributed by atoms with E-state index < -0.39 is 0 Å². The molecule has 0 saturated heterocycles. The van der Waals surface area contributed by atoms with E-state index in [4.69, 9.17) is 5.21 Å². The van der Waals surface area contributed by atoms with Crippen LogP contribution in [0.15, 0.2) is 5.16 Å². The SMILES string of the molecule is CCCCC(C)C(C)/C=N/O. The van der Waals surface area contributed by atoms with Crippen LogP contribution in [0.4, 0.5) is 0 Å². The van der Waals surface area contributed by atoms with E-state index in [0.29, 0.717) is 11.8 Å². The molecule has 0 bridgehead atoms. The normalized spacial score (nSPS) is 17.0. The lowest BCUT2D eigenvalue weighted by atomic mass is 9.92. The molecule has 0 aromatic heterocycles. The number of hydrogen-bond donors (Lipinski definition) is 1. The summed E-state index contributed by atoms with van der Waals surface area (Å²) in [6, 6.07) is 0. The highest BCUT2D eigenvalue weighted by molar-refractivity contribution is 5.59. The summed E-state index contributed by atoms with van der Waals surface area (Å²) in [6.07, 6.45) is 5.35. The average molecular weight is 157 g/mol. The summed E-state index contributed by atoms with van der Waals surface area (Å²) in [5.74, 6) is 1.03. The van der Waals surface area contributed by atoms with Crippen molar-refractivity contribution < 1.29 is 5.21 Å². The van der Waals surface area contributed by atoms with E-state index in [1.807, 2.05) is 0 Å². The molecular weight excluding hydrogens is 138 g/mol. The summed E-state index contributed by atoms with van der Waals surface area (Å²) >= 11 is 0. The molecule has 2 atom stereocenters. The van der Waals surface area contributed by atoms with E-state index in [0.717, 1.165) is 0 Å². The van der Waals surface area contributed by atoms with Gasteiger partial charge in [0, 0.05) is 6.21 Å². The lowest BCUT2D eigenvalue weighted by molar-refractivity contribution is 0.314. The standard InChI is InChI=1S/C9H19NO/c1-4-5-6-8(2)9(3)7-10-11/h7-9,11H,4-6H2,1-3H3/b10-7+. The Kier molecular flexibility index (Phi) is 5.90. The number of unbranched alkanes of at least 4 members (excludes halogenated alkanes) is 1. The van der Waals surface area contributed by atoms with Gasteiger partial charge in [0.1, 0.15) is 0 Å². The zero-order valence-corrected chi connectivity index (χ0v) is 7.75. The Morgan fingerprint density at radius 2 is 2.09 bits per heavy atom. The first-order valence-electron chi connectivity index (χ1n) is 4.39. The van der Waals surface area contributed by atoms with Gasteiger partial charge in [-0.15, -0.1) is 5.16 Å². The third kappa shape index (κ3) is 4.82. The molecule has 0 aromatic rings. The number of oxime groups is 1. The number of hydrogen-bond acceptors (Lipinski definition) is 2. The molecule has 0 aromatic carbocycles. The minimum Gasteiger partial charge on any atom is -0.411 e. The van der Waals surface area contributed by atoms with Gasteiger partial charge in [-0.1, -0.05) is 40.0 Å². The zero-order valence-electron chi connectivity index (χ0n) is 7.75. The van der Waals surface area contributed by atoms with E-state index in [9.17, 15) is 0 Å². The molecule has 0 fully saturated rings. The van der Waals surface area contributed by atoms with Crippen LogP contribution < -0.4 is 0 Å². The molecule has 0 heterocycles. The highest BCUT2D eigenvalue weighted by Crippen LogP contribution is 2.15. The van der Waals surface area contributed by atoms with E-state index >= 15 is 0 Å². The first-order chi connectivity index (χ1) is 5.22. The second-order valence-corrected chi connectivity index (χ2v) is 3.24. The topological polar surface area (TPSA) is 32.6 Å². The second kappa shape index (κ2) is 6.20. The van der Waals surface area contributed by atoms with Crippen LogP contribution in [0.5, 0.6) is 0 Å². The van der Waals surface area contributed by atoms with Gasteiger partial charge in [0.25, 0.3) is 0 Å². The Hall–Kier alpha value is -0.530. The van der Waals surface area contributed by atoms with Gasteiger partial charge in [-0.05, 0) is 11.8 Å². The molecule has 2 unspecified atom stereocenters. The molecule has 2 heteroatoms. The number of rotatable bonds is 5. The van der Waals surface area contributed by atoms with Gasteiger partial charge in [0.15, 0.2) is 0 Å². The molecule has 0 saturated carbocycles. The molecule has 66 valence electrons. The fraction of sp³-hybridized carbons (Fsp3) is 0.889. The van der Waals surface area contributed by atoms with E-state index in [2.05, 4.69) is 25.9 Å². The Balaban J connectivity index is 3.54. The highest BCUT2D eigenvalue weighted by Gasteiger charge is 2.08. The van der Waals surface area contributed by atoms with Gasteiger partial charge in [-0.2, -0.15) is 0 Å². The maximum Gasteiger partial charge on any atom is 0.0466 e. The van der Waals surface area contributed by atoms with E-state index in [1.165, 1.54) is 19.3 Å². The van der Waals surface area contributed by atoms with Crippen molar-refractivity contribution in [1.29, 1.82) is 0 Å². The third-order valence-electron chi connectivity index (χ3n) is 2.21. The van der Waals surface area contributed by atoms with Gasteiger partial charge in [-0.3, -0.25) is 0 Å². The van der Waals surface area contributed by atoms with E-state index in [-0.39, 0.29) is 0 Å². The quantitative estimate of drug-likeness (QED) is 0.371. The molecule has 0 aliphatic heterocycles.